The summed E-state index contributed by atoms with van der Waals surface area (Å²) in [6.45, 7) is 3.68. The quantitative estimate of drug-likeness (QED) is 0.790. The molecule has 0 bridgehead atoms. The first kappa shape index (κ1) is 11.6. The Morgan fingerprint density at radius 2 is 2.35 bits per heavy atom. The number of carboxylic acids is 1. The number of aromatic nitrogens is 3. The summed E-state index contributed by atoms with van der Waals surface area (Å²) in [7, 11) is 0. The molecule has 1 aromatic heterocycles. The van der Waals surface area contributed by atoms with Gasteiger partial charge in [-0.2, -0.15) is 0 Å². The number of amides is 1. The molecule has 1 unspecified atom stereocenters. The van der Waals surface area contributed by atoms with Crippen LogP contribution in [0, 0.1) is 5.92 Å². The summed E-state index contributed by atoms with van der Waals surface area (Å²) in [5.74, 6) is -0.654. The maximum absolute atomic E-state index is 11.8. The molecule has 1 aliphatic rings. The Bertz CT molecular complexity index is 443. The minimum Gasteiger partial charge on any atom is -0.476 e. The Morgan fingerprint density at radius 1 is 1.59 bits per heavy atom. The molecule has 1 aliphatic heterocycles. The van der Waals surface area contributed by atoms with Crippen molar-refractivity contribution in [3.8, 4) is 0 Å². The first-order chi connectivity index (χ1) is 8.06. The second-order valence-electron chi connectivity index (χ2n) is 4.34. The lowest BCUT2D eigenvalue weighted by Gasteiger charge is -2.15. The molecule has 1 amide bonds. The lowest BCUT2D eigenvalue weighted by atomic mass is 10.2. The van der Waals surface area contributed by atoms with E-state index in [1.165, 1.54) is 10.9 Å². The van der Waals surface area contributed by atoms with E-state index in [4.69, 9.17) is 5.11 Å². The van der Waals surface area contributed by atoms with E-state index in [-0.39, 0.29) is 18.1 Å². The molecular formula is C10H14N4O3. The fourth-order valence-electron chi connectivity index (χ4n) is 1.87. The SMILES string of the molecule is CC1CCN(C(=O)Cn2cc(C(=O)O)nn2)C1. The van der Waals surface area contributed by atoms with Crippen molar-refractivity contribution in [2.45, 2.75) is 19.9 Å². The van der Waals surface area contributed by atoms with Crippen molar-refractivity contribution >= 4 is 11.9 Å². The van der Waals surface area contributed by atoms with E-state index in [0.29, 0.717) is 5.92 Å². The predicted octanol–water partition coefficient (Wildman–Crippen LogP) is -0.155. The molecule has 1 fully saturated rings. The van der Waals surface area contributed by atoms with Crippen molar-refractivity contribution in [1.82, 2.24) is 19.9 Å². The fraction of sp³-hybridized carbons (Fsp3) is 0.600. The number of nitrogens with zero attached hydrogens (tertiary/aromatic N) is 4. The average molecular weight is 238 g/mol. The third-order valence-electron chi connectivity index (χ3n) is 2.83. The Labute approximate surface area is 98.0 Å². The Hall–Kier alpha value is -1.92. The fourth-order valence-corrected chi connectivity index (χ4v) is 1.87. The number of carboxylic acid groups (broad SMARTS) is 1. The molecule has 7 heteroatoms. The normalized spacial score (nSPS) is 19.6. The van der Waals surface area contributed by atoms with Gasteiger partial charge in [-0.15, -0.1) is 5.10 Å². The summed E-state index contributed by atoms with van der Waals surface area (Å²) >= 11 is 0. The number of hydrogen-bond acceptors (Lipinski definition) is 4. The number of likely N-dealkylation sites (tertiary alicyclic amines) is 1. The van der Waals surface area contributed by atoms with Gasteiger partial charge in [-0.3, -0.25) is 4.79 Å². The van der Waals surface area contributed by atoms with Crippen molar-refractivity contribution in [3.05, 3.63) is 11.9 Å². The lowest BCUT2D eigenvalue weighted by Crippen LogP contribution is -2.31. The predicted molar refractivity (Wildman–Crippen MR) is 57.3 cm³/mol. The summed E-state index contributed by atoms with van der Waals surface area (Å²) in [5, 5.41) is 15.7. The summed E-state index contributed by atoms with van der Waals surface area (Å²) in [6, 6.07) is 0. The molecule has 2 rings (SSSR count). The highest BCUT2D eigenvalue weighted by Gasteiger charge is 2.23. The number of carbonyl (C=O) groups is 2. The van der Waals surface area contributed by atoms with E-state index in [1.807, 2.05) is 0 Å². The van der Waals surface area contributed by atoms with E-state index in [0.717, 1.165) is 19.5 Å². The van der Waals surface area contributed by atoms with Crippen LogP contribution in [0.25, 0.3) is 0 Å². The molecular weight excluding hydrogens is 224 g/mol. The lowest BCUT2D eigenvalue weighted by molar-refractivity contribution is -0.131. The van der Waals surface area contributed by atoms with Gasteiger partial charge in [-0.1, -0.05) is 12.1 Å². The maximum atomic E-state index is 11.8. The highest BCUT2D eigenvalue weighted by Crippen LogP contribution is 2.15. The molecule has 1 saturated heterocycles. The summed E-state index contributed by atoms with van der Waals surface area (Å²) in [4.78, 5) is 24.2. The molecule has 1 N–H and O–H groups in total. The molecule has 0 aromatic carbocycles. The minimum atomic E-state index is -1.14. The van der Waals surface area contributed by atoms with Gasteiger partial charge in [0.25, 0.3) is 0 Å². The monoisotopic (exact) mass is 238 g/mol. The molecule has 0 radical (unpaired) electrons. The zero-order valence-electron chi connectivity index (χ0n) is 9.54. The summed E-state index contributed by atoms with van der Waals surface area (Å²) in [5.41, 5.74) is -0.146. The van der Waals surface area contributed by atoms with E-state index >= 15 is 0 Å². The van der Waals surface area contributed by atoms with Crippen LogP contribution < -0.4 is 0 Å². The van der Waals surface area contributed by atoms with Crippen LogP contribution in [-0.2, 0) is 11.3 Å². The van der Waals surface area contributed by atoms with Gasteiger partial charge in [-0.05, 0) is 12.3 Å². The molecule has 0 saturated carbocycles. The zero-order chi connectivity index (χ0) is 12.4. The second kappa shape index (κ2) is 4.52. The summed E-state index contributed by atoms with van der Waals surface area (Å²) in [6.07, 6.45) is 2.28. The van der Waals surface area contributed by atoms with Gasteiger partial charge in [-0.25, -0.2) is 9.48 Å². The van der Waals surface area contributed by atoms with Crippen molar-refractivity contribution < 1.29 is 14.7 Å². The number of aromatic carboxylic acids is 1. The highest BCUT2D eigenvalue weighted by atomic mass is 16.4. The number of carbonyl (C=O) groups excluding carboxylic acids is 1. The van der Waals surface area contributed by atoms with E-state index < -0.39 is 5.97 Å². The van der Waals surface area contributed by atoms with Gasteiger partial charge in [0.1, 0.15) is 6.54 Å². The first-order valence-corrected chi connectivity index (χ1v) is 5.47. The third kappa shape index (κ3) is 2.61. The van der Waals surface area contributed by atoms with Crippen LogP contribution in [0.1, 0.15) is 23.8 Å². The first-order valence-electron chi connectivity index (χ1n) is 5.47. The van der Waals surface area contributed by atoms with Crippen LogP contribution in [0.15, 0.2) is 6.20 Å². The van der Waals surface area contributed by atoms with Gasteiger partial charge in [0.2, 0.25) is 5.91 Å². The van der Waals surface area contributed by atoms with Gasteiger partial charge < -0.3 is 10.0 Å². The molecule has 7 nitrogen and oxygen atoms in total. The number of rotatable bonds is 3. The maximum Gasteiger partial charge on any atom is 0.358 e. The Morgan fingerprint density at radius 3 is 2.88 bits per heavy atom. The van der Waals surface area contributed by atoms with Crippen molar-refractivity contribution in [3.63, 3.8) is 0 Å². The molecule has 2 heterocycles. The summed E-state index contributed by atoms with van der Waals surface area (Å²) < 4.78 is 1.26. The average Bonchev–Trinajstić information content (AvgIpc) is 2.86. The van der Waals surface area contributed by atoms with Crippen LogP contribution in [0.3, 0.4) is 0 Å². The minimum absolute atomic E-state index is 0.0452. The molecule has 17 heavy (non-hydrogen) atoms. The van der Waals surface area contributed by atoms with Gasteiger partial charge in [0.15, 0.2) is 5.69 Å². The van der Waals surface area contributed by atoms with Crippen LogP contribution in [0.4, 0.5) is 0 Å². The van der Waals surface area contributed by atoms with Gasteiger partial charge >= 0.3 is 5.97 Å². The van der Waals surface area contributed by atoms with Gasteiger partial charge in [0.05, 0.1) is 6.20 Å². The Kier molecular flexibility index (Phi) is 3.08. The van der Waals surface area contributed by atoms with E-state index in [1.54, 1.807) is 4.90 Å². The Balaban J connectivity index is 1.96. The van der Waals surface area contributed by atoms with Crippen molar-refractivity contribution in [2.75, 3.05) is 13.1 Å². The molecule has 0 aliphatic carbocycles. The van der Waals surface area contributed by atoms with Gasteiger partial charge in [0, 0.05) is 13.1 Å². The molecule has 1 aromatic rings. The molecule has 0 spiro atoms. The third-order valence-corrected chi connectivity index (χ3v) is 2.83. The number of hydrogen-bond donors (Lipinski definition) is 1. The largest absolute Gasteiger partial charge is 0.476 e. The highest BCUT2D eigenvalue weighted by molar-refractivity contribution is 5.84. The van der Waals surface area contributed by atoms with Crippen LogP contribution >= 0.6 is 0 Å². The van der Waals surface area contributed by atoms with Crippen molar-refractivity contribution in [2.24, 2.45) is 5.92 Å². The molecule has 1 atom stereocenters. The second-order valence-corrected chi connectivity index (χ2v) is 4.34. The van der Waals surface area contributed by atoms with Crippen molar-refractivity contribution in [1.29, 1.82) is 0 Å². The smallest absolute Gasteiger partial charge is 0.358 e. The van der Waals surface area contributed by atoms with Crippen LogP contribution in [-0.4, -0.2) is 50.0 Å². The van der Waals surface area contributed by atoms with Crippen LogP contribution in [0.5, 0.6) is 0 Å². The van der Waals surface area contributed by atoms with E-state index in [2.05, 4.69) is 17.2 Å². The topological polar surface area (TPSA) is 88.3 Å². The standard InChI is InChI=1S/C10H14N4O3/c1-7-2-3-13(4-7)9(15)6-14-5-8(10(16)17)11-12-14/h5,7H,2-4,6H2,1H3,(H,16,17). The zero-order valence-corrected chi connectivity index (χ0v) is 9.54. The van der Waals surface area contributed by atoms with E-state index in [9.17, 15) is 9.59 Å². The van der Waals surface area contributed by atoms with Crippen LogP contribution in [0.2, 0.25) is 0 Å². The molecule has 92 valence electrons.